The van der Waals surface area contributed by atoms with Gasteiger partial charge >= 0.3 is 0 Å². The molecule has 2 aromatic carbocycles. The maximum Gasteiger partial charge on any atom is 0.130 e. The monoisotopic (exact) mass is 273 g/mol. The Hall–Kier alpha value is -1.87. The normalized spacial score (nSPS) is 10.6. The summed E-state index contributed by atoms with van der Waals surface area (Å²) in [5.74, 6) is 1.03. The molecule has 1 N–H and O–H groups in total. The molecule has 0 saturated carbocycles. The van der Waals surface area contributed by atoms with Crippen LogP contribution < -0.4 is 10.1 Å². The SMILES string of the molecule is CCNCc1cc(F)cc(Oc2cc(C)ccc2C)c1. The van der Waals surface area contributed by atoms with E-state index in [1.54, 1.807) is 0 Å². The lowest BCUT2D eigenvalue weighted by molar-refractivity contribution is 0.471. The van der Waals surface area contributed by atoms with Gasteiger partial charge in [-0.3, -0.25) is 0 Å². The summed E-state index contributed by atoms with van der Waals surface area (Å²) in [6.45, 7) is 7.50. The van der Waals surface area contributed by atoms with Crippen molar-refractivity contribution in [3.05, 3.63) is 58.9 Å². The predicted molar refractivity (Wildman–Crippen MR) is 79.8 cm³/mol. The molecule has 0 fully saturated rings. The topological polar surface area (TPSA) is 21.3 Å². The molecule has 0 radical (unpaired) electrons. The van der Waals surface area contributed by atoms with Crippen LogP contribution in [0, 0.1) is 19.7 Å². The van der Waals surface area contributed by atoms with E-state index in [4.69, 9.17) is 4.74 Å². The second kappa shape index (κ2) is 6.53. The molecule has 2 aromatic rings. The zero-order valence-corrected chi connectivity index (χ0v) is 12.2. The molecule has 0 aliphatic rings. The van der Waals surface area contributed by atoms with E-state index in [0.29, 0.717) is 12.3 Å². The third-order valence-corrected chi connectivity index (χ3v) is 3.08. The Morgan fingerprint density at radius 3 is 2.65 bits per heavy atom. The van der Waals surface area contributed by atoms with Crippen LogP contribution in [0.5, 0.6) is 11.5 Å². The second-order valence-electron chi connectivity index (χ2n) is 4.95. The largest absolute Gasteiger partial charge is 0.457 e. The van der Waals surface area contributed by atoms with Crippen molar-refractivity contribution in [1.29, 1.82) is 0 Å². The molecule has 106 valence electrons. The molecule has 0 spiro atoms. The minimum atomic E-state index is -0.277. The van der Waals surface area contributed by atoms with Crippen molar-refractivity contribution in [2.24, 2.45) is 0 Å². The molecule has 0 amide bonds. The van der Waals surface area contributed by atoms with E-state index in [2.05, 4.69) is 5.32 Å². The van der Waals surface area contributed by atoms with Gasteiger partial charge in [-0.1, -0.05) is 19.1 Å². The summed E-state index contributed by atoms with van der Waals surface area (Å²) in [6.07, 6.45) is 0. The standard InChI is InChI=1S/C17H20FNO/c1-4-19-11-14-8-15(18)10-16(9-14)20-17-7-12(2)5-6-13(17)3/h5-10,19H,4,11H2,1-3H3. The molecule has 20 heavy (non-hydrogen) atoms. The lowest BCUT2D eigenvalue weighted by atomic mass is 10.1. The highest BCUT2D eigenvalue weighted by molar-refractivity contribution is 5.40. The molecular weight excluding hydrogens is 253 g/mol. The van der Waals surface area contributed by atoms with Gasteiger partial charge in [0.2, 0.25) is 0 Å². The Morgan fingerprint density at radius 1 is 1.10 bits per heavy atom. The summed E-state index contributed by atoms with van der Waals surface area (Å²) in [6, 6.07) is 10.8. The van der Waals surface area contributed by atoms with Crippen molar-refractivity contribution in [2.75, 3.05) is 6.54 Å². The number of benzene rings is 2. The summed E-state index contributed by atoms with van der Waals surface area (Å²) in [5, 5.41) is 3.18. The van der Waals surface area contributed by atoms with Gasteiger partial charge in [0.1, 0.15) is 17.3 Å². The fraction of sp³-hybridized carbons (Fsp3) is 0.294. The summed E-state index contributed by atoms with van der Waals surface area (Å²) in [4.78, 5) is 0. The van der Waals surface area contributed by atoms with Crippen LogP contribution in [0.15, 0.2) is 36.4 Å². The first-order chi connectivity index (χ1) is 9.58. The first-order valence-electron chi connectivity index (χ1n) is 6.84. The van der Waals surface area contributed by atoms with Crippen LogP contribution in [0.4, 0.5) is 4.39 Å². The van der Waals surface area contributed by atoms with E-state index >= 15 is 0 Å². The number of halogens is 1. The Bertz CT molecular complexity index is 596. The Kier molecular flexibility index (Phi) is 4.74. The smallest absolute Gasteiger partial charge is 0.130 e. The highest BCUT2D eigenvalue weighted by Crippen LogP contribution is 2.27. The van der Waals surface area contributed by atoms with Gasteiger partial charge < -0.3 is 10.1 Å². The van der Waals surface area contributed by atoms with Gasteiger partial charge in [0.15, 0.2) is 0 Å². The summed E-state index contributed by atoms with van der Waals surface area (Å²) >= 11 is 0. The molecule has 0 bridgehead atoms. The molecule has 0 aromatic heterocycles. The van der Waals surface area contributed by atoms with Crippen LogP contribution in [0.1, 0.15) is 23.6 Å². The molecule has 0 saturated heterocycles. The van der Waals surface area contributed by atoms with Crippen molar-refractivity contribution in [1.82, 2.24) is 5.32 Å². The van der Waals surface area contributed by atoms with Gasteiger partial charge in [-0.05, 0) is 55.3 Å². The quantitative estimate of drug-likeness (QED) is 0.874. The first-order valence-corrected chi connectivity index (χ1v) is 6.84. The second-order valence-corrected chi connectivity index (χ2v) is 4.95. The lowest BCUT2D eigenvalue weighted by Gasteiger charge is -2.11. The zero-order valence-electron chi connectivity index (χ0n) is 12.2. The molecule has 0 aliphatic carbocycles. The van der Waals surface area contributed by atoms with Gasteiger partial charge in [-0.15, -0.1) is 0 Å². The van der Waals surface area contributed by atoms with Crippen molar-refractivity contribution in [2.45, 2.75) is 27.3 Å². The average molecular weight is 273 g/mol. The Balaban J connectivity index is 2.24. The highest BCUT2D eigenvalue weighted by atomic mass is 19.1. The molecule has 2 rings (SSSR count). The number of ether oxygens (including phenoxy) is 1. The third-order valence-electron chi connectivity index (χ3n) is 3.08. The van der Waals surface area contributed by atoms with E-state index in [1.165, 1.54) is 12.1 Å². The highest BCUT2D eigenvalue weighted by Gasteiger charge is 2.05. The minimum absolute atomic E-state index is 0.277. The van der Waals surface area contributed by atoms with Crippen LogP contribution in [-0.2, 0) is 6.54 Å². The lowest BCUT2D eigenvalue weighted by Crippen LogP contribution is -2.11. The summed E-state index contributed by atoms with van der Waals surface area (Å²) in [7, 11) is 0. The van der Waals surface area contributed by atoms with E-state index in [0.717, 1.165) is 29.0 Å². The molecule has 0 unspecified atom stereocenters. The van der Waals surface area contributed by atoms with Crippen LogP contribution >= 0.6 is 0 Å². The van der Waals surface area contributed by atoms with E-state index in [-0.39, 0.29) is 5.82 Å². The van der Waals surface area contributed by atoms with Crippen LogP contribution in [0.25, 0.3) is 0 Å². The van der Waals surface area contributed by atoms with Gasteiger partial charge in [-0.25, -0.2) is 4.39 Å². The van der Waals surface area contributed by atoms with E-state index < -0.39 is 0 Å². The maximum absolute atomic E-state index is 13.6. The van der Waals surface area contributed by atoms with Gasteiger partial charge in [0, 0.05) is 12.6 Å². The number of hydrogen-bond donors (Lipinski definition) is 1. The molecule has 0 heterocycles. The Morgan fingerprint density at radius 2 is 1.90 bits per heavy atom. The van der Waals surface area contributed by atoms with E-state index in [1.807, 2.05) is 45.0 Å². The van der Waals surface area contributed by atoms with Gasteiger partial charge in [0.25, 0.3) is 0 Å². The molecular formula is C17H20FNO. The van der Waals surface area contributed by atoms with Crippen LogP contribution in [0.3, 0.4) is 0 Å². The average Bonchev–Trinajstić information content (AvgIpc) is 2.40. The molecule has 0 atom stereocenters. The molecule has 0 aliphatic heterocycles. The van der Waals surface area contributed by atoms with Crippen molar-refractivity contribution >= 4 is 0 Å². The first kappa shape index (κ1) is 14.5. The van der Waals surface area contributed by atoms with Crippen molar-refractivity contribution < 1.29 is 9.13 Å². The Labute approximate surface area is 119 Å². The number of hydrogen-bond acceptors (Lipinski definition) is 2. The zero-order chi connectivity index (χ0) is 14.5. The third kappa shape index (κ3) is 3.81. The number of nitrogens with one attached hydrogen (secondary N) is 1. The van der Waals surface area contributed by atoms with Crippen LogP contribution in [-0.4, -0.2) is 6.54 Å². The summed E-state index contributed by atoms with van der Waals surface area (Å²) < 4.78 is 19.5. The van der Waals surface area contributed by atoms with Crippen molar-refractivity contribution in [3.8, 4) is 11.5 Å². The van der Waals surface area contributed by atoms with Gasteiger partial charge in [0.05, 0.1) is 0 Å². The predicted octanol–water partition coefficient (Wildman–Crippen LogP) is 4.34. The van der Waals surface area contributed by atoms with Crippen LogP contribution in [0.2, 0.25) is 0 Å². The molecule has 3 heteroatoms. The number of aryl methyl sites for hydroxylation is 2. The molecule has 2 nitrogen and oxygen atoms in total. The minimum Gasteiger partial charge on any atom is -0.457 e. The fourth-order valence-electron chi connectivity index (χ4n) is 2.00. The van der Waals surface area contributed by atoms with Gasteiger partial charge in [-0.2, -0.15) is 0 Å². The maximum atomic E-state index is 13.6. The van der Waals surface area contributed by atoms with E-state index in [9.17, 15) is 4.39 Å². The summed E-state index contributed by atoms with van der Waals surface area (Å²) in [5.41, 5.74) is 3.04. The van der Waals surface area contributed by atoms with Crippen molar-refractivity contribution in [3.63, 3.8) is 0 Å². The number of rotatable bonds is 5. The fourth-order valence-corrected chi connectivity index (χ4v) is 2.00.